The highest BCUT2D eigenvalue weighted by molar-refractivity contribution is 7.79. The third-order valence-electron chi connectivity index (χ3n) is 4.72. The zero-order valence-corrected chi connectivity index (χ0v) is 17.8. The Balaban J connectivity index is 2.28. The molecule has 0 fully saturated rings. The van der Waals surface area contributed by atoms with Crippen LogP contribution in [0, 0.1) is 0 Å². The second-order valence-corrected chi connectivity index (χ2v) is 8.16. The molecule has 0 aliphatic carbocycles. The monoisotopic (exact) mass is 431 g/mol. The minimum absolute atomic E-state index is 0.0401. The summed E-state index contributed by atoms with van der Waals surface area (Å²) in [5, 5.41) is -1.03. The molecule has 2 N–H and O–H groups in total. The Morgan fingerprint density at radius 3 is 2.57 bits per heavy atom. The number of aromatic nitrogens is 4. The topological polar surface area (TPSA) is 139 Å². The van der Waals surface area contributed by atoms with Crippen molar-refractivity contribution in [3.05, 3.63) is 52.2 Å². The molecular weight excluding hydrogens is 408 g/mol. The Morgan fingerprint density at radius 1 is 1.30 bits per heavy atom. The summed E-state index contributed by atoms with van der Waals surface area (Å²) in [6, 6.07) is 8.63. The maximum absolute atomic E-state index is 13.2. The van der Waals surface area contributed by atoms with Crippen molar-refractivity contribution in [2.45, 2.75) is 32.1 Å². The summed E-state index contributed by atoms with van der Waals surface area (Å²) in [5.74, 6) is -0.170. The SMILES string of the molecule is CCCN(C)C(=O)n1c(=O)n(Cc2ccccc2)c2nc(C(C)S(=O)[O-])nc(N)c21. The number of nitrogen functional groups attached to an aromatic ring is 1. The Kier molecular flexibility index (Phi) is 6.32. The fourth-order valence-electron chi connectivity index (χ4n) is 3.14. The van der Waals surface area contributed by atoms with Crippen molar-refractivity contribution in [2.75, 3.05) is 19.3 Å². The van der Waals surface area contributed by atoms with Gasteiger partial charge >= 0.3 is 11.7 Å². The fraction of sp³-hybridized carbons (Fsp3) is 0.368. The number of hydrogen-bond donors (Lipinski definition) is 1. The Bertz CT molecular complexity index is 1160. The molecule has 0 aliphatic rings. The van der Waals surface area contributed by atoms with Crippen LogP contribution in [-0.4, -0.2) is 52.4 Å². The predicted octanol–water partition coefficient (Wildman–Crippen LogP) is 1.47. The molecule has 0 spiro atoms. The number of imidazole rings is 1. The first-order valence-corrected chi connectivity index (χ1v) is 10.6. The number of carbonyl (C=O) groups excluding carboxylic acids is 1. The van der Waals surface area contributed by atoms with Gasteiger partial charge < -0.3 is 15.2 Å². The maximum atomic E-state index is 13.2. The first-order valence-electron chi connectivity index (χ1n) is 9.42. The second-order valence-electron chi connectivity index (χ2n) is 6.94. The van der Waals surface area contributed by atoms with Crippen LogP contribution in [-0.2, 0) is 17.6 Å². The van der Waals surface area contributed by atoms with Crippen LogP contribution in [0.15, 0.2) is 35.1 Å². The molecule has 1 amide bonds. The summed E-state index contributed by atoms with van der Waals surface area (Å²) in [7, 11) is 1.59. The minimum Gasteiger partial charge on any atom is -0.772 e. The number of carbonyl (C=O) groups is 1. The van der Waals surface area contributed by atoms with Crippen molar-refractivity contribution in [2.24, 2.45) is 0 Å². The standard InChI is InChI=1S/C19H24N6O4S/c1-4-10-23(3)18(26)25-14-15(20)21-16(12(2)30(28)29)22-17(14)24(19(25)27)11-13-8-6-5-7-9-13/h5-9,12H,4,10-11H2,1-3H3,(H,28,29)(H2,20,21,22)/p-1. The molecular formula is C19H23N6O4S-. The third-order valence-corrected chi connectivity index (χ3v) is 5.51. The number of fused-ring (bicyclic) bond motifs is 1. The van der Waals surface area contributed by atoms with Crippen LogP contribution in [0.3, 0.4) is 0 Å². The van der Waals surface area contributed by atoms with E-state index < -0.39 is 28.1 Å². The molecule has 2 heterocycles. The number of benzene rings is 1. The van der Waals surface area contributed by atoms with Crippen LogP contribution in [0.5, 0.6) is 0 Å². The lowest BCUT2D eigenvalue weighted by Gasteiger charge is -2.17. The van der Waals surface area contributed by atoms with Crippen molar-refractivity contribution >= 4 is 34.1 Å². The van der Waals surface area contributed by atoms with Crippen molar-refractivity contribution in [3.8, 4) is 0 Å². The number of rotatable bonds is 6. The molecule has 3 aromatic rings. The summed E-state index contributed by atoms with van der Waals surface area (Å²) in [4.78, 5) is 36.0. The van der Waals surface area contributed by atoms with Gasteiger partial charge in [-0.1, -0.05) is 37.3 Å². The molecule has 0 radical (unpaired) electrons. The van der Waals surface area contributed by atoms with E-state index in [9.17, 15) is 18.4 Å². The number of anilines is 1. The Labute approximate surface area is 175 Å². The third kappa shape index (κ3) is 3.98. The number of nitrogens with zero attached hydrogens (tertiary/aromatic N) is 5. The van der Waals surface area contributed by atoms with Gasteiger partial charge in [-0.15, -0.1) is 0 Å². The van der Waals surface area contributed by atoms with Gasteiger partial charge in [-0.25, -0.2) is 24.1 Å². The van der Waals surface area contributed by atoms with Gasteiger partial charge in [0.05, 0.1) is 11.8 Å². The lowest BCUT2D eigenvalue weighted by atomic mass is 10.2. The van der Waals surface area contributed by atoms with Crippen molar-refractivity contribution < 1.29 is 13.6 Å². The zero-order chi connectivity index (χ0) is 22.0. The second kappa shape index (κ2) is 8.76. The van der Waals surface area contributed by atoms with Crippen LogP contribution in [0.25, 0.3) is 11.2 Å². The van der Waals surface area contributed by atoms with Crippen molar-refractivity contribution in [1.29, 1.82) is 0 Å². The van der Waals surface area contributed by atoms with E-state index in [1.165, 1.54) is 16.4 Å². The Hall–Kier alpha value is -3.05. The average Bonchev–Trinajstić information content (AvgIpc) is 3.00. The average molecular weight is 431 g/mol. The normalized spacial score (nSPS) is 13.3. The van der Waals surface area contributed by atoms with E-state index >= 15 is 0 Å². The van der Waals surface area contributed by atoms with Gasteiger partial charge in [-0.2, -0.15) is 0 Å². The van der Waals surface area contributed by atoms with E-state index in [1.807, 2.05) is 37.3 Å². The highest BCUT2D eigenvalue weighted by Gasteiger charge is 2.26. The van der Waals surface area contributed by atoms with Gasteiger partial charge in [-0.3, -0.25) is 8.78 Å². The number of hydrogen-bond acceptors (Lipinski definition) is 7. The molecule has 2 unspecified atom stereocenters. The number of amides is 1. The van der Waals surface area contributed by atoms with Gasteiger partial charge in [0.2, 0.25) is 0 Å². The quantitative estimate of drug-likeness (QED) is 0.583. The van der Waals surface area contributed by atoms with Gasteiger partial charge in [0, 0.05) is 13.6 Å². The van der Waals surface area contributed by atoms with Gasteiger partial charge in [0.25, 0.3) is 0 Å². The predicted molar refractivity (Wildman–Crippen MR) is 113 cm³/mol. The highest BCUT2D eigenvalue weighted by Crippen LogP contribution is 2.23. The van der Waals surface area contributed by atoms with E-state index in [2.05, 4.69) is 9.97 Å². The molecule has 0 saturated heterocycles. The van der Waals surface area contributed by atoms with Gasteiger partial charge in [0.15, 0.2) is 11.5 Å². The summed E-state index contributed by atoms with van der Waals surface area (Å²) in [6.45, 7) is 3.92. The van der Waals surface area contributed by atoms with E-state index in [1.54, 1.807) is 7.05 Å². The molecule has 0 saturated carbocycles. The summed E-state index contributed by atoms with van der Waals surface area (Å²) in [6.07, 6.45) is 0.711. The zero-order valence-electron chi connectivity index (χ0n) is 16.9. The van der Waals surface area contributed by atoms with Crippen molar-refractivity contribution in [3.63, 3.8) is 0 Å². The molecule has 2 atom stereocenters. The van der Waals surface area contributed by atoms with Crippen LogP contribution >= 0.6 is 0 Å². The molecule has 0 aliphatic heterocycles. The van der Waals surface area contributed by atoms with Crippen LogP contribution < -0.4 is 11.4 Å². The molecule has 3 rings (SSSR count). The maximum Gasteiger partial charge on any atom is 0.339 e. The van der Waals surface area contributed by atoms with Crippen LogP contribution in [0.4, 0.5) is 10.6 Å². The van der Waals surface area contributed by atoms with Crippen LogP contribution in [0.1, 0.15) is 36.9 Å². The summed E-state index contributed by atoms with van der Waals surface area (Å²) < 4.78 is 25.1. The molecule has 160 valence electrons. The first-order chi connectivity index (χ1) is 14.3. The summed E-state index contributed by atoms with van der Waals surface area (Å²) >= 11 is -2.47. The van der Waals surface area contributed by atoms with E-state index in [0.29, 0.717) is 13.0 Å². The lowest BCUT2D eigenvalue weighted by molar-refractivity contribution is 0.210. The molecule has 10 nitrogen and oxygen atoms in total. The molecule has 0 bridgehead atoms. The van der Waals surface area contributed by atoms with E-state index in [0.717, 1.165) is 10.1 Å². The first kappa shape index (κ1) is 21.7. The molecule has 2 aromatic heterocycles. The lowest BCUT2D eigenvalue weighted by Crippen LogP contribution is -2.38. The largest absolute Gasteiger partial charge is 0.772 e. The van der Waals surface area contributed by atoms with Gasteiger partial charge in [0.1, 0.15) is 11.3 Å². The smallest absolute Gasteiger partial charge is 0.339 e. The fourth-order valence-corrected chi connectivity index (χ4v) is 3.42. The summed E-state index contributed by atoms with van der Waals surface area (Å²) in [5.41, 5.74) is 6.46. The molecule has 1 aromatic carbocycles. The van der Waals surface area contributed by atoms with Crippen molar-refractivity contribution in [1.82, 2.24) is 24.0 Å². The molecule has 11 heteroatoms. The van der Waals surface area contributed by atoms with E-state index in [4.69, 9.17) is 5.73 Å². The Morgan fingerprint density at radius 2 is 1.97 bits per heavy atom. The highest BCUT2D eigenvalue weighted by atomic mass is 32.2. The van der Waals surface area contributed by atoms with Gasteiger partial charge in [-0.05, 0) is 30.0 Å². The van der Waals surface area contributed by atoms with E-state index in [-0.39, 0.29) is 29.4 Å². The minimum atomic E-state index is -2.47. The van der Waals surface area contributed by atoms with Crippen LogP contribution in [0.2, 0.25) is 0 Å². The molecule has 30 heavy (non-hydrogen) atoms. The number of nitrogens with two attached hydrogens (primary N) is 1.